The number of aryl methyl sites for hydroxylation is 2. The molecule has 21 heavy (non-hydrogen) atoms. The Morgan fingerprint density at radius 2 is 1.95 bits per heavy atom. The number of aromatic nitrogens is 1. The second kappa shape index (κ2) is 7.57. The van der Waals surface area contributed by atoms with Crippen molar-refractivity contribution in [1.29, 1.82) is 0 Å². The third-order valence-corrected chi connectivity index (χ3v) is 4.95. The number of nitrogens with zero attached hydrogens (tertiary/aromatic N) is 1. The summed E-state index contributed by atoms with van der Waals surface area (Å²) in [6.45, 7) is 6.55. The van der Waals surface area contributed by atoms with E-state index in [1.165, 1.54) is 15.4 Å². The van der Waals surface area contributed by atoms with Gasteiger partial charge in [0.2, 0.25) is 0 Å². The van der Waals surface area contributed by atoms with Gasteiger partial charge in [0, 0.05) is 17.1 Å². The van der Waals surface area contributed by atoms with E-state index in [4.69, 9.17) is 0 Å². The van der Waals surface area contributed by atoms with Crippen molar-refractivity contribution >= 4 is 11.3 Å². The molecule has 0 radical (unpaired) electrons. The number of thiazole rings is 1. The minimum absolute atomic E-state index is 0.296. The van der Waals surface area contributed by atoms with Gasteiger partial charge in [-0.15, -0.1) is 11.3 Å². The first-order valence-electron chi connectivity index (χ1n) is 7.57. The molecule has 2 rings (SSSR count). The molecule has 4 heteroatoms. The fourth-order valence-electron chi connectivity index (χ4n) is 2.31. The number of phenols is 1. The van der Waals surface area contributed by atoms with Crippen LogP contribution in [0.25, 0.3) is 0 Å². The average Bonchev–Trinajstić information content (AvgIpc) is 2.96. The van der Waals surface area contributed by atoms with Crippen LogP contribution in [0.3, 0.4) is 0 Å². The van der Waals surface area contributed by atoms with Gasteiger partial charge in [0.25, 0.3) is 0 Å². The fourth-order valence-corrected chi connectivity index (χ4v) is 3.18. The van der Waals surface area contributed by atoms with E-state index in [0.29, 0.717) is 17.8 Å². The second-order valence-electron chi connectivity index (χ2n) is 5.51. The van der Waals surface area contributed by atoms with Crippen molar-refractivity contribution in [2.45, 2.75) is 52.1 Å². The summed E-state index contributed by atoms with van der Waals surface area (Å²) in [5.74, 6) is 0.328. The Balaban J connectivity index is 1.80. The van der Waals surface area contributed by atoms with Crippen LogP contribution >= 0.6 is 11.3 Å². The third kappa shape index (κ3) is 4.83. The quantitative estimate of drug-likeness (QED) is 0.810. The molecule has 0 saturated heterocycles. The highest BCUT2D eigenvalue weighted by Gasteiger charge is 2.13. The normalized spacial score (nSPS) is 14.0. The zero-order chi connectivity index (χ0) is 15.2. The minimum atomic E-state index is 0.296. The zero-order valence-electron chi connectivity index (χ0n) is 13.0. The number of benzene rings is 1. The Hall–Kier alpha value is -1.39. The average molecular weight is 304 g/mol. The first-order chi connectivity index (χ1) is 10.1. The van der Waals surface area contributed by atoms with Crippen LogP contribution in [0.15, 0.2) is 30.5 Å². The molecular formula is C17H24N2OS. The molecule has 1 heterocycles. The SMILES string of the molecule is CCc1cnc(C(C)NC(C)CCc2ccc(O)cc2)s1. The van der Waals surface area contributed by atoms with E-state index >= 15 is 0 Å². The van der Waals surface area contributed by atoms with E-state index in [9.17, 15) is 5.11 Å². The van der Waals surface area contributed by atoms with E-state index in [0.717, 1.165) is 19.3 Å². The zero-order valence-corrected chi connectivity index (χ0v) is 13.8. The van der Waals surface area contributed by atoms with Crippen LogP contribution in [0.4, 0.5) is 0 Å². The smallest absolute Gasteiger partial charge is 0.115 e. The van der Waals surface area contributed by atoms with Gasteiger partial charge in [0.1, 0.15) is 10.8 Å². The van der Waals surface area contributed by atoms with Crippen molar-refractivity contribution in [2.24, 2.45) is 0 Å². The lowest BCUT2D eigenvalue weighted by atomic mass is 10.1. The summed E-state index contributed by atoms with van der Waals surface area (Å²) in [5, 5.41) is 14.1. The standard InChI is InChI=1S/C17H24N2OS/c1-4-16-11-18-17(21-16)13(3)19-12(2)5-6-14-7-9-15(20)10-8-14/h7-13,19-20H,4-6H2,1-3H3. The van der Waals surface area contributed by atoms with Crippen LogP contribution in [-0.2, 0) is 12.8 Å². The fraction of sp³-hybridized carbons (Fsp3) is 0.471. The summed E-state index contributed by atoms with van der Waals surface area (Å²) in [6, 6.07) is 8.20. The van der Waals surface area contributed by atoms with E-state index < -0.39 is 0 Å². The summed E-state index contributed by atoms with van der Waals surface area (Å²) in [4.78, 5) is 5.84. The van der Waals surface area contributed by atoms with Gasteiger partial charge in [0.05, 0.1) is 6.04 Å². The summed E-state index contributed by atoms with van der Waals surface area (Å²) < 4.78 is 0. The van der Waals surface area contributed by atoms with Crippen molar-refractivity contribution in [1.82, 2.24) is 10.3 Å². The maximum absolute atomic E-state index is 9.28. The van der Waals surface area contributed by atoms with Crippen molar-refractivity contribution in [3.8, 4) is 5.75 Å². The monoisotopic (exact) mass is 304 g/mol. The first-order valence-corrected chi connectivity index (χ1v) is 8.38. The van der Waals surface area contributed by atoms with E-state index in [-0.39, 0.29) is 0 Å². The molecule has 1 aromatic heterocycles. The second-order valence-corrected chi connectivity index (χ2v) is 6.66. The number of aromatic hydroxyl groups is 1. The molecule has 114 valence electrons. The van der Waals surface area contributed by atoms with Crippen molar-refractivity contribution in [3.05, 3.63) is 45.9 Å². The lowest BCUT2D eigenvalue weighted by Gasteiger charge is -2.18. The van der Waals surface area contributed by atoms with Crippen molar-refractivity contribution in [3.63, 3.8) is 0 Å². The lowest BCUT2D eigenvalue weighted by molar-refractivity contribution is 0.455. The van der Waals surface area contributed by atoms with Crippen LogP contribution in [0.5, 0.6) is 5.75 Å². The molecule has 0 fully saturated rings. The van der Waals surface area contributed by atoms with Crippen molar-refractivity contribution in [2.75, 3.05) is 0 Å². The van der Waals surface area contributed by atoms with Gasteiger partial charge in [-0.25, -0.2) is 4.98 Å². The highest BCUT2D eigenvalue weighted by atomic mass is 32.1. The molecule has 0 bridgehead atoms. The molecule has 1 aromatic carbocycles. The van der Waals surface area contributed by atoms with Gasteiger partial charge >= 0.3 is 0 Å². The Morgan fingerprint density at radius 3 is 2.57 bits per heavy atom. The van der Waals surface area contributed by atoms with Crippen LogP contribution in [0.2, 0.25) is 0 Å². The van der Waals surface area contributed by atoms with Crippen LogP contribution in [0.1, 0.15) is 48.7 Å². The number of nitrogens with one attached hydrogen (secondary N) is 1. The van der Waals surface area contributed by atoms with Gasteiger partial charge in [-0.05, 0) is 50.8 Å². The van der Waals surface area contributed by atoms with Crippen molar-refractivity contribution < 1.29 is 5.11 Å². The molecule has 0 amide bonds. The molecule has 0 aliphatic heterocycles. The maximum Gasteiger partial charge on any atom is 0.115 e. The Kier molecular flexibility index (Phi) is 5.76. The Labute approximate surface area is 131 Å². The minimum Gasteiger partial charge on any atom is -0.508 e. The van der Waals surface area contributed by atoms with Gasteiger partial charge < -0.3 is 10.4 Å². The third-order valence-electron chi connectivity index (χ3n) is 3.63. The largest absolute Gasteiger partial charge is 0.508 e. The number of hydrogen-bond donors (Lipinski definition) is 2. The molecule has 0 aliphatic carbocycles. The molecule has 3 nitrogen and oxygen atoms in total. The van der Waals surface area contributed by atoms with E-state index in [1.54, 1.807) is 23.5 Å². The number of hydrogen-bond acceptors (Lipinski definition) is 4. The molecule has 2 unspecified atom stereocenters. The Morgan fingerprint density at radius 1 is 1.24 bits per heavy atom. The summed E-state index contributed by atoms with van der Waals surface area (Å²) in [6.07, 6.45) is 5.13. The van der Waals surface area contributed by atoms with E-state index in [1.807, 2.05) is 18.3 Å². The highest BCUT2D eigenvalue weighted by Crippen LogP contribution is 2.21. The molecule has 2 atom stereocenters. The predicted octanol–water partition coefficient (Wildman–Crippen LogP) is 4.08. The van der Waals surface area contributed by atoms with Gasteiger partial charge in [-0.1, -0.05) is 19.1 Å². The lowest BCUT2D eigenvalue weighted by Crippen LogP contribution is -2.29. The molecular weight excluding hydrogens is 280 g/mol. The molecule has 0 aliphatic rings. The number of rotatable bonds is 7. The summed E-state index contributed by atoms with van der Waals surface area (Å²) in [7, 11) is 0. The summed E-state index contributed by atoms with van der Waals surface area (Å²) >= 11 is 1.80. The van der Waals surface area contributed by atoms with Crippen LogP contribution < -0.4 is 5.32 Å². The molecule has 0 saturated carbocycles. The van der Waals surface area contributed by atoms with E-state index in [2.05, 4.69) is 31.1 Å². The number of phenolic OH excluding ortho intramolecular Hbond substituents is 1. The maximum atomic E-state index is 9.28. The predicted molar refractivity (Wildman–Crippen MR) is 88.9 cm³/mol. The molecule has 2 aromatic rings. The Bertz CT molecular complexity index is 550. The van der Waals surface area contributed by atoms with Gasteiger partial charge in [-0.2, -0.15) is 0 Å². The highest BCUT2D eigenvalue weighted by molar-refractivity contribution is 7.11. The summed E-state index contributed by atoms with van der Waals surface area (Å²) in [5.41, 5.74) is 1.26. The topological polar surface area (TPSA) is 45.2 Å². The first kappa shape index (κ1) is 16.0. The molecule has 2 N–H and O–H groups in total. The van der Waals surface area contributed by atoms with Gasteiger partial charge in [-0.3, -0.25) is 0 Å². The van der Waals surface area contributed by atoms with Crippen LogP contribution in [-0.4, -0.2) is 16.1 Å². The van der Waals surface area contributed by atoms with Crippen LogP contribution in [0, 0.1) is 0 Å². The van der Waals surface area contributed by atoms with Gasteiger partial charge in [0.15, 0.2) is 0 Å². The molecule has 0 spiro atoms.